The van der Waals surface area contributed by atoms with Crippen LogP contribution in [0.5, 0.6) is 0 Å². The Hall–Kier alpha value is -3.15. The van der Waals surface area contributed by atoms with Gasteiger partial charge in [0, 0.05) is 18.9 Å². The van der Waals surface area contributed by atoms with Crippen molar-refractivity contribution < 1.29 is 9.59 Å². The number of aromatic nitrogens is 2. The second-order valence-corrected chi connectivity index (χ2v) is 7.97. The van der Waals surface area contributed by atoms with Gasteiger partial charge < -0.3 is 15.2 Å². The highest BCUT2D eigenvalue weighted by molar-refractivity contribution is 5.81. The molecule has 3 aromatic rings. The maximum absolute atomic E-state index is 12.8. The zero-order valence-corrected chi connectivity index (χ0v) is 17.3. The highest BCUT2D eigenvalue weighted by Crippen LogP contribution is 2.28. The van der Waals surface area contributed by atoms with Crippen LogP contribution in [-0.4, -0.2) is 27.9 Å². The van der Waals surface area contributed by atoms with Crippen molar-refractivity contribution in [2.75, 3.05) is 6.54 Å². The van der Waals surface area contributed by atoms with Gasteiger partial charge in [0.15, 0.2) is 0 Å². The minimum atomic E-state index is -0.0606. The van der Waals surface area contributed by atoms with Crippen molar-refractivity contribution in [1.29, 1.82) is 0 Å². The summed E-state index contributed by atoms with van der Waals surface area (Å²) in [6.07, 6.45) is 3.53. The van der Waals surface area contributed by atoms with E-state index in [1.54, 1.807) is 0 Å². The Labute approximate surface area is 176 Å². The Morgan fingerprint density at radius 1 is 1.10 bits per heavy atom. The van der Waals surface area contributed by atoms with Crippen LogP contribution < -0.4 is 10.6 Å². The van der Waals surface area contributed by atoms with E-state index in [9.17, 15) is 9.59 Å². The number of rotatable bonds is 9. The van der Waals surface area contributed by atoms with Crippen LogP contribution >= 0.6 is 0 Å². The lowest BCUT2D eigenvalue weighted by molar-refractivity contribution is -0.123. The third-order valence-corrected chi connectivity index (χ3v) is 5.54. The molecule has 1 aliphatic carbocycles. The molecule has 0 aliphatic heterocycles. The van der Waals surface area contributed by atoms with Gasteiger partial charge in [-0.1, -0.05) is 42.5 Å². The molecule has 2 amide bonds. The van der Waals surface area contributed by atoms with Crippen molar-refractivity contribution in [3.05, 3.63) is 66.0 Å². The molecule has 0 bridgehead atoms. The van der Waals surface area contributed by atoms with E-state index in [-0.39, 0.29) is 30.3 Å². The maximum Gasteiger partial charge on any atom is 0.240 e. The van der Waals surface area contributed by atoms with Crippen LogP contribution in [0.15, 0.2) is 54.6 Å². The van der Waals surface area contributed by atoms with Gasteiger partial charge in [-0.05, 0) is 43.9 Å². The van der Waals surface area contributed by atoms with Crippen LogP contribution in [0.1, 0.15) is 43.6 Å². The SMILES string of the molecule is CC(NC(=O)Cn1c(CCCNC(=O)C2CC2)nc2ccccc21)c1ccccc1. The number of benzene rings is 2. The molecule has 1 aliphatic rings. The van der Waals surface area contributed by atoms with Crippen molar-refractivity contribution in [2.45, 2.75) is 45.2 Å². The van der Waals surface area contributed by atoms with Crippen LogP contribution in [-0.2, 0) is 22.6 Å². The van der Waals surface area contributed by atoms with Gasteiger partial charge in [-0.25, -0.2) is 4.98 Å². The molecule has 1 saturated carbocycles. The molecule has 156 valence electrons. The number of nitrogens with one attached hydrogen (secondary N) is 2. The number of imidazole rings is 1. The summed E-state index contributed by atoms with van der Waals surface area (Å²) in [6, 6.07) is 17.8. The molecule has 1 aromatic heterocycles. The standard InChI is InChI=1S/C24H28N4O2/c1-17(18-8-3-2-4-9-18)26-23(29)16-28-21-11-6-5-10-20(21)27-22(28)12-7-15-25-24(30)19-13-14-19/h2-6,8-11,17,19H,7,12-16H2,1H3,(H,25,30)(H,26,29). The number of hydrogen-bond donors (Lipinski definition) is 2. The van der Waals surface area contributed by atoms with Crippen molar-refractivity contribution >= 4 is 22.8 Å². The number of carbonyl (C=O) groups excluding carboxylic acids is 2. The largest absolute Gasteiger partial charge is 0.356 e. The third kappa shape index (κ3) is 4.87. The van der Waals surface area contributed by atoms with Gasteiger partial charge in [0.25, 0.3) is 0 Å². The molecule has 30 heavy (non-hydrogen) atoms. The lowest BCUT2D eigenvalue weighted by Gasteiger charge is -2.16. The second kappa shape index (κ2) is 9.11. The van der Waals surface area contributed by atoms with E-state index < -0.39 is 0 Å². The van der Waals surface area contributed by atoms with E-state index in [0.29, 0.717) is 13.0 Å². The Bertz CT molecular complexity index is 1020. The van der Waals surface area contributed by atoms with Crippen molar-refractivity contribution in [3.8, 4) is 0 Å². The lowest BCUT2D eigenvalue weighted by Crippen LogP contribution is -2.30. The molecule has 1 fully saturated rings. The minimum absolute atomic E-state index is 0.0437. The summed E-state index contributed by atoms with van der Waals surface area (Å²) in [6.45, 7) is 2.85. The molecule has 6 heteroatoms. The van der Waals surface area contributed by atoms with Gasteiger partial charge in [0.2, 0.25) is 11.8 Å². The molecule has 0 spiro atoms. The molecule has 1 heterocycles. The topological polar surface area (TPSA) is 76.0 Å². The van der Waals surface area contributed by atoms with Crippen LogP contribution in [0.4, 0.5) is 0 Å². The summed E-state index contributed by atoms with van der Waals surface area (Å²) in [5.74, 6) is 1.22. The molecule has 2 N–H and O–H groups in total. The average Bonchev–Trinajstić information content (AvgIpc) is 3.56. The van der Waals surface area contributed by atoms with Gasteiger partial charge in [0.05, 0.1) is 17.1 Å². The van der Waals surface area contributed by atoms with Crippen LogP contribution in [0.2, 0.25) is 0 Å². The monoisotopic (exact) mass is 404 g/mol. The molecular formula is C24H28N4O2. The minimum Gasteiger partial charge on any atom is -0.356 e. The molecule has 1 atom stereocenters. The first-order valence-electron chi connectivity index (χ1n) is 10.7. The molecule has 0 saturated heterocycles. The van der Waals surface area contributed by atoms with Crippen molar-refractivity contribution in [2.24, 2.45) is 5.92 Å². The van der Waals surface area contributed by atoms with Gasteiger partial charge >= 0.3 is 0 Å². The number of nitrogens with zero attached hydrogens (tertiary/aromatic N) is 2. The highest BCUT2D eigenvalue weighted by atomic mass is 16.2. The number of para-hydroxylation sites is 2. The molecular weight excluding hydrogens is 376 g/mol. The highest BCUT2D eigenvalue weighted by Gasteiger charge is 2.29. The number of hydrogen-bond acceptors (Lipinski definition) is 3. The van der Waals surface area contributed by atoms with Crippen LogP contribution in [0, 0.1) is 5.92 Å². The summed E-state index contributed by atoms with van der Waals surface area (Å²) >= 11 is 0. The second-order valence-electron chi connectivity index (χ2n) is 7.97. The Morgan fingerprint density at radius 2 is 1.83 bits per heavy atom. The van der Waals surface area contributed by atoms with Gasteiger partial charge in [0.1, 0.15) is 12.4 Å². The Morgan fingerprint density at radius 3 is 2.60 bits per heavy atom. The molecule has 4 rings (SSSR count). The van der Waals surface area contributed by atoms with Crippen LogP contribution in [0.3, 0.4) is 0 Å². The molecule has 2 aromatic carbocycles. The zero-order chi connectivity index (χ0) is 20.9. The number of carbonyl (C=O) groups is 2. The number of amides is 2. The number of fused-ring (bicyclic) bond motifs is 1. The van der Waals surface area contributed by atoms with Gasteiger partial charge in [-0.3, -0.25) is 9.59 Å². The molecule has 0 radical (unpaired) electrons. The molecule has 6 nitrogen and oxygen atoms in total. The van der Waals surface area contributed by atoms with E-state index in [4.69, 9.17) is 4.98 Å². The zero-order valence-electron chi connectivity index (χ0n) is 17.3. The van der Waals surface area contributed by atoms with Gasteiger partial charge in [-0.15, -0.1) is 0 Å². The predicted octanol–water partition coefficient (Wildman–Crippen LogP) is 3.37. The van der Waals surface area contributed by atoms with E-state index in [1.165, 1.54) is 0 Å². The Kier molecular flexibility index (Phi) is 6.12. The summed E-state index contributed by atoms with van der Waals surface area (Å²) in [5, 5.41) is 6.08. The number of aryl methyl sites for hydroxylation is 1. The predicted molar refractivity (Wildman–Crippen MR) is 117 cm³/mol. The van der Waals surface area contributed by atoms with E-state index in [0.717, 1.165) is 41.7 Å². The summed E-state index contributed by atoms with van der Waals surface area (Å²) in [5.41, 5.74) is 2.92. The van der Waals surface area contributed by atoms with E-state index in [2.05, 4.69) is 10.6 Å². The molecule has 1 unspecified atom stereocenters. The van der Waals surface area contributed by atoms with Crippen molar-refractivity contribution in [3.63, 3.8) is 0 Å². The quantitative estimate of drug-likeness (QED) is 0.537. The summed E-state index contributed by atoms with van der Waals surface area (Å²) < 4.78 is 1.99. The van der Waals surface area contributed by atoms with Gasteiger partial charge in [-0.2, -0.15) is 0 Å². The summed E-state index contributed by atoms with van der Waals surface area (Å²) in [7, 11) is 0. The third-order valence-electron chi connectivity index (χ3n) is 5.54. The fourth-order valence-electron chi connectivity index (χ4n) is 3.70. The Balaban J connectivity index is 1.41. The average molecular weight is 405 g/mol. The van der Waals surface area contributed by atoms with E-state index in [1.807, 2.05) is 66.1 Å². The first kappa shape index (κ1) is 20.1. The first-order chi connectivity index (χ1) is 14.6. The fourth-order valence-corrected chi connectivity index (χ4v) is 3.70. The van der Waals surface area contributed by atoms with Crippen LogP contribution in [0.25, 0.3) is 11.0 Å². The summed E-state index contributed by atoms with van der Waals surface area (Å²) in [4.78, 5) is 29.3. The smallest absolute Gasteiger partial charge is 0.240 e. The first-order valence-corrected chi connectivity index (χ1v) is 10.7. The van der Waals surface area contributed by atoms with Crippen molar-refractivity contribution in [1.82, 2.24) is 20.2 Å². The normalized spacial score (nSPS) is 14.4. The maximum atomic E-state index is 12.8. The lowest BCUT2D eigenvalue weighted by atomic mass is 10.1. The fraction of sp³-hybridized carbons (Fsp3) is 0.375. The van der Waals surface area contributed by atoms with E-state index >= 15 is 0 Å².